The molecule has 6 nitrogen and oxygen atoms in total. The zero-order valence-corrected chi connectivity index (χ0v) is 13.5. The van der Waals surface area contributed by atoms with Crippen molar-refractivity contribution in [2.75, 3.05) is 33.3 Å². The van der Waals surface area contributed by atoms with Crippen LogP contribution in [0.3, 0.4) is 0 Å². The van der Waals surface area contributed by atoms with Crippen LogP contribution in [0.25, 0.3) is 0 Å². The SMILES string of the molecule is COC(=O)CCN1CCN(Cc2cn(C)nc2C)[C@@H](C)C1. The van der Waals surface area contributed by atoms with Crippen LogP contribution in [0.5, 0.6) is 0 Å². The fraction of sp³-hybridized carbons (Fsp3) is 0.733. The predicted octanol–water partition coefficient (Wildman–Crippen LogP) is 0.798. The van der Waals surface area contributed by atoms with Crippen molar-refractivity contribution in [1.82, 2.24) is 19.6 Å². The van der Waals surface area contributed by atoms with Gasteiger partial charge in [0.25, 0.3) is 0 Å². The molecule has 2 heterocycles. The molecule has 6 heteroatoms. The number of hydrogen-bond acceptors (Lipinski definition) is 5. The second-order valence-electron chi connectivity index (χ2n) is 5.86. The van der Waals surface area contributed by atoms with Gasteiger partial charge in [-0.25, -0.2) is 0 Å². The van der Waals surface area contributed by atoms with E-state index >= 15 is 0 Å². The van der Waals surface area contributed by atoms with E-state index in [1.807, 2.05) is 11.7 Å². The number of piperazine rings is 1. The lowest BCUT2D eigenvalue weighted by molar-refractivity contribution is -0.141. The Morgan fingerprint density at radius 1 is 1.48 bits per heavy atom. The van der Waals surface area contributed by atoms with Gasteiger partial charge in [-0.3, -0.25) is 19.3 Å². The van der Waals surface area contributed by atoms with Crippen LogP contribution in [-0.4, -0.2) is 64.9 Å². The molecule has 2 rings (SSSR count). The van der Waals surface area contributed by atoms with Gasteiger partial charge in [0.05, 0.1) is 19.2 Å². The van der Waals surface area contributed by atoms with Crippen molar-refractivity contribution in [2.24, 2.45) is 7.05 Å². The maximum atomic E-state index is 11.2. The first-order valence-electron chi connectivity index (χ1n) is 7.52. The fourth-order valence-electron chi connectivity index (χ4n) is 2.88. The Balaban J connectivity index is 1.83. The summed E-state index contributed by atoms with van der Waals surface area (Å²) < 4.78 is 6.58. The number of rotatable bonds is 5. The summed E-state index contributed by atoms with van der Waals surface area (Å²) in [4.78, 5) is 16.0. The lowest BCUT2D eigenvalue weighted by Gasteiger charge is -2.39. The summed E-state index contributed by atoms with van der Waals surface area (Å²) in [5, 5.41) is 4.40. The van der Waals surface area contributed by atoms with Gasteiger partial charge in [-0.2, -0.15) is 5.10 Å². The maximum absolute atomic E-state index is 11.2. The van der Waals surface area contributed by atoms with Crippen molar-refractivity contribution < 1.29 is 9.53 Å². The molecule has 0 aromatic carbocycles. The molecule has 0 radical (unpaired) electrons. The fourth-order valence-corrected chi connectivity index (χ4v) is 2.88. The number of ether oxygens (including phenoxy) is 1. The number of aryl methyl sites for hydroxylation is 2. The van der Waals surface area contributed by atoms with Crippen molar-refractivity contribution >= 4 is 5.97 Å². The molecule has 0 aliphatic carbocycles. The topological polar surface area (TPSA) is 50.6 Å². The number of nitrogens with zero attached hydrogens (tertiary/aromatic N) is 4. The summed E-state index contributed by atoms with van der Waals surface area (Å²) in [6, 6.07) is 0.482. The summed E-state index contributed by atoms with van der Waals surface area (Å²) in [7, 11) is 3.41. The van der Waals surface area contributed by atoms with E-state index in [9.17, 15) is 4.79 Å². The van der Waals surface area contributed by atoms with Gasteiger partial charge < -0.3 is 4.74 Å². The Morgan fingerprint density at radius 2 is 2.24 bits per heavy atom. The van der Waals surface area contributed by atoms with Crippen LogP contribution in [0.15, 0.2) is 6.20 Å². The quantitative estimate of drug-likeness (QED) is 0.752. The number of carbonyl (C=O) groups excluding carboxylic acids is 1. The van der Waals surface area contributed by atoms with Crippen molar-refractivity contribution in [3.8, 4) is 0 Å². The average molecular weight is 294 g/mol. The Kier molecular flexibility index (Phi) is 5.36. The van der Waals surface area contributed by atoms with Crippen LogP contribution in [0.2, 0.25) is 0 Å². The zero-order chi connectivity index (χ0) is 15.4. The van der Waals surface area contributed by atoms with Gasteiger partial charge in [0.1, 0.15) is 0 Å². The lowest BCUT2D eigenvalue weighted by atomic mass is 10.1. The molecule has 0 bridgehead atoms. The molecule has 1 aliphatic rings. The summed E-state index contributed by atoms with van der Waals surface area (Å²) in [6.45, 7) is 9.07. The third-order valence-electron chi connectivity index (χ3n) is 4.20. The molecule has 1 aromatic rings. The molecule has 21 heavy (non-hydrogen) atoms. The lowest BCUT2D eigenvalue weighted by Crippen LogP contribution is -2.51. The Bertz CT molecular complexity index is 486. The Morgan fingerprint density at radius 3 is 2.81 bits per heavy atom. The predicted molar refractivity (Wildman–Crippen MR) is 80.9 cm³/mol. The summed E-state index contributed by atoms with van der Waals surface area (Å²) >= 11 is 0. The summed E-state index contributed by atoms with van der Waals surface area (Å²) in [5.41, 5.74) is 2.41. The first-order chi connectivity index (χ1) is 9.99. The van der Waals surface area contributed by atoms with Crippen molar-refractivity contribution in [3.63, 3.8) is 0 Å². The first kappa shape index (κ1) is 16.0. The number of hydrogen-bond donors (Lipinski definition) is 0. The van der Waals surface area contributed by atoms with Crippen LogP contribution in [0.4, 0.5) is 0 Å². The van der Waals surface area contributed by atoms with Crippen molar-refractivity contribution in [2.45, 2.75) is 32.9 Å². The highest BCUT2D eigenvalue weighted by molar-refractivity contribution is 5.69. The van der Waals surface area contributed by atoms with Crippen molar-refractivity contribution in [3.05, 3.63) is 17.5 Å². The van der Waals surface area contributed by atoms with Gasteiger partial charge in [-0.1, -0.05) is 0 Å². The highest BCUT2D eigenvalue weighted by Crippen LogP contribution is 2.15. The molecular weight excluding hydrogens is 268 g/mol. The van der Waals surface area contributed by atoms with Crippen LogP contribution in [0, 0.1) is 6.92 Å². The normalized spacial score (nSPS) is 20.7. The molecule has 0 amide bonds. The number of aromatic nitrogens is 2. The standard InChI is InChI=1S/C15H26N4O2/c1-12-9-18(6-5-15(20)21-4)7-8-19(12)11-14-10-17(3)16-13(14)2/h10,12H,5-9,11H2,1-4H3/t12-/m0/s1. The molecule has 0 unspecified atom stereocenters. The molecular formula is C15H26N4O2. The van der Waals surface area contributed by atoms with Gasteiger partial charge in [-0.05, 0) is 13.8 Å². The minimum Gasteiger partial charge on any atom is -0.469 e. The van der Waals surface area contributed by atoms with Crippen LogP contribution in [0.1, 0.15) is 24.6 Å². The largest absolute Gasteiger partial charge is 0.469 e. The molecule has 1 fully saturated rings. The number of esters is 1. The minimum absolute atomic E-state index is 0.129. The molecule has 0 N–H and O–H groups in total. The average Bonchev–Trinajstić information content (AvgIpc) is 2.77. The van der Waals surface area contributed by atoms with Gasteiger partial charge in [-0.15, -0.1) is 0 Å². The second-order valence-corrected chi connectivity index (χ2v) is 5.86. The third kappa shape index (κ3) is 4.28. The third-order valence-corrected chi connectivity index (χ3v) is 4.20. The van der Waals surface area contributed by atoms with Gasteiger partial charge in [0.2, 0.25) is 0 Å². The van der Waals surface area contributed by atoms with E-state index in [0.717, 1.165) is 38.4 Å². The van der Waals surface area contributed by atoms with E-state index in [0.29, 0.717) is 12.5 Å². The molecule has 1 aliphatic heterocycles. The summed E-state index contributed by atoms with van der Waals surface area (Å²) in [5.74, 6) is -0.129. The van der Waals surface area contributed by atoms with E-state index < -0.39 is 0 Å². The molecule has 1 aromatic heterocycles. The highest BCUT2D eigenvalue weighted by atomic mass is 16.5. The van der Waals surface area contributed by atoms with E-state index in [4.69, 9.17) is 4.74 Å². The van der Waals surface area contributed by atoms with Crippen LogP contribution < -0.4 is 0 Å². The molecule has 0 saturated carbocycles. The number of carbonyl (C=O) groups is 1. The monoisotopic (exact) mass is 294 g/mol. The molecule has 0 spiro atoms. The maximum Gasteiger partial charge on any atom is 0.306 e. The number of methoxy groups -OCH3 is 1. The van der Waals surface area contributed by atoms with E-state index in [1.54, 1.807) is 0 Å². The van der Waals surface area contributed by atoms with Crippen LogP contribution >= 0.6 is 0 Å². The Hall–Kier alpha value is -1.40. The summed E-state index contributed by atoms with van der Waals surface area (Å²) in [6.07, 6.45) is 2.58. The highest BCUT2D eigenvalue weighted by Gasteiger charge is 2.24. The minimum atomic E-state index is -0.129. The van der Waals surface area contributed by atoms with E-state index in [-0.39, 0.29) is 5.97 Å². The second kappa shape index (κ2) is 7.04. The Labute approximate surface area is 126 Å². The smallest absolute Gasteiger partial charge is 0.306 e. The zero-order valence-electron chi connectivity index (χ0n) is 13.5. The first-order valence-corrected chi connectivity index (χ1v) is 7.52. The molecule has 1 saturated heterocycles. The molecule has 1 atom stereocenters. The van der Waals surface area contributed by atoms with E-state index in [2.05, 4.69) is 34.9 Å². The van der Waals surface area contributed by atoms with Gasteiger partial charge in [0, 0.05) is 57.6 Å². The van der Waals surface area contributed by atoms with Crippen LogP contribution in [-0.2, 0) is 23.1 Å². The van der Waals surface area contributed by atoms with Gasteiger partial charge in [0.15, 0.2) is 0 Å². The molecule has 118 valence electrons. The van der Waals surface area contributed by atoms with Gasteiger partial charge >= 0.3 is 5.97 Å². The van der Waals surface area contributed by atoms with Crippen molar-refractivity contribution in [1.29, 1.82) is 0 Å². The van der Waals surface area contributed by atoms with E-state index in [1.165, 1.54) is 12.7 Å².